The maximum atomic E-state index is 13.2. The maximum absolute atomic E-state index is 13.2. The van der Waals surface area contributed by atoms with E-state index >= 15 is 0 Å². The molecule has 0 saturated heterocycles. The van der Waals surface area contributed by atoms with Gasteiger partial charge in [-0.3, -0.25) is 10.1 Å². The molecule has 1 aliphatic carbocycles. The van der Waals surface area contributed by atoms with Gasteiger partial charge in [0.1, 0.15) is 0 Å². The number of urea groups is 1. The van der Waals surface area contributed by atoms with Crippen LogP contribution in [0.4, 0.5) is 4.79 Å². The molecule has 4 rings (SSSR count). The number of aromatic nitrogens is 1. The van der Waals surface area contributed by atoms with Crippen LogP contribution in [0.15, 0.2) is 48.5 Å². The third-order valence-corrected chi connectivity index (χ3v) is 6.31. The predicted octanol–water partition coefficient (Wildman–Crippen LogP) is 5.02. The second kappa shape index (κ2) is 10.3. The number of benzene rings is 2. The molecule has 0 saturated carbocycles. The minimum absolute atomic E-state index is 0.0795. The van der Waals surface area contributed by atoms with E-state index in [0.717, 1.165) is 35.2 Å². The van der Waals surface area contributed by atoms with E-state index in [0.29, 0.717) is 22.9 Å². The largest absolute Gasteiger partial charge is 0.452 e. The van der Waals surface area contributed by atoms with Gasteiger partial charge in [0.05, 0.1) is 16.8 Å². The highest BCUT2D eigenvalue weighted by Gasteiger charge is 2.26. The summed E-state index contributed by atoms with van der Waals surface area (Å²) in [6, 6.07) is 15.3. The SMILES string of the molecule is CNC(=O)NC(=O)COC(=O)c1c2c(nc3ccccc13)C(=Cc1ccc(C(C)(C)C)cc1)CCC2. The van der Waals surface area contributed by atoms with E-state index < -0.39 is 24.5 Å². The van der Waals surface area contributed by atoms with Crippen molar-refractivity contribution in [2.24, 2.45) is 0 Å². The average molecular weight is 486 g/mol. The van der Waals surface area contributed by atoms with E-state index in [9.17, 15) is 14.4 Å². The number of amides is 3. The molecule has 2 aromatic carbocycles. The molecule has 3 aromatic rings. The topological polar surface area (TPSA) is 97.4 Å². The van der Waals surface area contributed by atoms with Crippen LogP contribution >= 0.6 is 0 Å². The Morgan fingerprint density at radius 3 is 2.44 bits per heavy atom. The van der Waals surface area contributed by atoms with Gasteiger partial charge in [-0.2, -0.15) is 0 Å². The lowest BCUT2D eigenvalue weighted by Crippen LogP contribution is -2.39. The number of allylic oxidation sites excluding steroid dienone is 1. The minimum atomic E-state index is -0.700. The fourth-order valence-electron chi connectivity index (χ4n) is 4.42. The Morgan fingerprint density at radius 2 is 1.75 bits per heavy atom. The van der Waals surface area contributed by atoms with Crippen LogP contribution < -0.4 is 10.6 Å². The number of carbonyl (C=O) groups is 3. The highest BCUT2D eigenvalue weighted by Crippen LogP contribution is 2.36. The molecule has 1 aromatic heterocycles. The summed E-state index contributed by atoms with van der Waals surface area (Å²) in [7, 11) is 1.40. The molecule has 1 aliphatic rings. The lowest BCUT2D eigenvalue weighted by Gasteiger charge is -2.23. The monoisotopic (exact) mass is 485 g/mol. The molecule has 0 radical (unpaired) electrons. The van der Waals surface area contributed by atoms with Gasteiger partial charge in [-0.1, -0.05) is 63.2 Å². The molecule has 36 heavy (non-hydrogen) atoms. The number of imide groups is 1. The van der Waals surface area contributed by atoms with E-state index in [1.54, 1.807) is 0 Å². The normalized spacial score (nSPS) is 14.3. The van der Waals surface area contributed by atoms with Gasteiger partial charge in [-0.15, -0.1) is 0 Å². The summed E-state index contributed by atoms with van der Waals surface area (Å²) in [4.78, 5) is 41.5. The van der Waals surface area contributed by atoms with E-state index in [-0.39, 0.29) is 5.41 Å². The van der Waals surface area contributed by atoms with Crippen LogP contribution in [0.2, 0.25) is 0 Å². The summed E-state index contributed by atoms with van der Waals surface area (Å²) in [5.41, 5.74) is 6.23. The van der Waals surface area contributed by atoms with E-state index in [2.05, 4.69) is 61.7 Å². The van der Waals surface area contributed by atoms with Gasteiger partial charge in [0, 0.05) is 12.4 Å². The molecule has 0 fully saturated rings. The Balaban J connectivity index is 1.71. The number of rotatable bonds is 4. The quantitative estimate of drug-likeness (QED) is 0.506. The molecule has 0 atom stereocenters. The predicted molar refractivity (Wildman–Crippen MR) is 141 cm³/mol. The lowest BCUT2D eigenvalue weighted by molar-refractivity contribution is -0.123. The van der Waals surface area contributed by atoms with Crippen molar-refractivity contribution in [3.63, 3.8) is 0 Å². The first kappa shape index (κ1) is 25.1. The Labute approximate surface area is 211 Å². The first-order chi connectivity index (χ1) is 17.2. The van der Waals surface area contributed by atoms with Crippen molar-refractivity contribution < 1.29 is 19.1 Å². The van der Waals surface area contributed by atoms with Crippen molar-refractivity contribution >= 4 is 40.5 Å². The van der Waals surface area contributed by atoms with Crippen molar-refractivity contribution in [1.29, 1.82) is 0 Å². The van der Waals surface area contributed by atoms with Gasteiger partial charge >= 0.3 is 12.0 Å². The molecule has 2 N–H and O–H groups in total. The van der Waals surface area contributed by atoms with Crippen molar-refractivity contribution in [2.45, 2.75) is 45.4 Å². The first-order valence-electron chi connectivity index (χ1n) is 12.1. The number of ether oxygens (including phenoxy) is 1. The van der Waals surface area contributed by atoms with Crippen LogP contribution in [0.3, 0.4) is 0 Å². The Morgan fingerprint density at radius 1 is 1.03 bits per heavy atom. The minimum Gasteiger partial charge on any atom is -0.452 e. The van der Waals surface area contributed by atoms with Gasteiger partial charge in [0.15, 0.2) is 6.61 Å². The van der Waals surface area contributed by atoms with E-state index in [4.69, 9.17) is 9.72 Å². The second-order valence-electron chi connectivity index (χ2n) is 9.93. The van der Waals surface area contributed by atoms with Crippen LogP contribution in [0.5, 0.6) is 0 Å². The summed E-state index contributed by atoms with van der Waals surface area (Å²) >= 11 is 0. The number of esters is 1. The zero-order valence-electron chi connectivity index (χ0n) is 21.1. The molecule has 3 amide bonds. The van der Waals surface area contributed by atoms with E-state index in [1.807, 2.05) is 24.3 Å². The molecule has 1 heterocycles. The van der Waals surface area contributed by atoms with Crippen LogP contribution in [0.25, 0.3) is 22.6 Å². The zero-order chi connectivity index (χ0) is 25.9. The van der Waals surface area contributed by atoms with E-state index in [1.165, 1.54) is 12.6 Å². The average Bonchev–Trinajstić information content (AvgIpc) is 2.86. The van der Waals surface area contributed by atoms with Gasteiger partial charge < -0.3 is 10.1 Å². The Bertz CT molecular complexity index is 1350. The first-order valence-corrected chi connectivity index (χ1v) is 12.1. The fraction of sp³-hybridized carbons (Fsp3) is 0.310. The molecule has 186 valence electrons. The standard InChI is InChI=1S/C29H31N3O4/c1-29(2,3)20-14-12-18(13-15-20)16-19-8-7-10-22-25(21-9-5-6-11-23(21)31-26(19)22)27(34)36-17-24(33)32-28(35)30-4/h5-6,9,11-16H,7-8,10,17H2,1-4H3,(H2,30,32,33,35). The molecule has 0 spiro atoms. The smallest absolute Gasteiger partial charge is 0.339 e. The van der Waals surface area contributed by atoms with Gasteiger partial charge in [-0.25, -0.2) is 14.6 Å². The second-order valence-corrected chi connectivity index (χ2v) is 9.93. The van der Waals surface area contributed by atoms with Crippen molar-refractivity contribution in [3.8, 4) is 0 Å². The molecule has 0 aliphatic heterocycles. The molecular formula is C29H31N3O4. The molecule has 7 nitrogen and oxygen atoms in total. The van der Waals surface area contributed by atoms with Crippen molar-refractivity contribution in [2.75, 3.05) is 13.7 Å². The highest BCUT2D eigenvalue weighted by molar-refractivity contribution is 6.07. The number of fused-ring (bicyclic) bond motifs is 2. The molecule has 0 bridgehead atoms. The summed E-state index contributed by atoms with van der Waals surface area (Å²) in [5, 5.41) is 5.07. The zero-order valence-corrected chi connectivity index (χ0v) is 21.1. The number of hydrogen-bond acceptors (Lipinski definition) is 5. The summed E-state index contributed by atoms with van der Waals surface area (Å²) < 4.78 is 5.33. The maximum Gasteiger partial charge on any atom is 0.339 e. The number of nitrogens with one attached hydrogen (secondary N) is 2. The Hall–Kier alpha value is -4.00. The number of para-hydroxylation sites is 1. The van der Waals surface area contributed by atoms with Gasteiger partial charge in [0.25, 0.3) is 5.91 Å². The summed E-state index contributed by atoms with van der Waals surface area (Å²) in [6.45, 7) is 6.02. The van der Waals surface area contributed by atoms with Crippen LogP contribution in [0.1, 0.15) is 66.4 Å². The van der Waals surface area contributed by atoms with Crippen molar-refractivity contribution in [3.05, 3.63) is 76.5 Å². The third-order valence-electron chi connectivity index (χ3n) is 6.31. The van der Waals surface area contributed by atoms with Gasteiger partial charge in [-0.05, 0) is 59.1 Å². The lowest BCUT2D eigenvalue weighted by atomic mass is 9.85. The third kappa shape index (κ3) is 5.46. The van der Waals surface area contributed by atoms with Crippen LogP contribution in [-0.2, 0) is 21.4 Å². The number of nitrogens with zero attached hydrogens (tertiary/aromatic N) is 1. The number of pyridine rings is 1. The van der Waals surface area contributed by atoms with Crippen LogP contribution in [0, 0.1) is 0 Å². The molecular weight excluding hydrogens is 454 g/mol. The Kier molecular flexibility index (Phi) is 7.20. The highest BCUT2D eigenvalue weighted by atomic mass is 16.5. The van der Waals surface area contributed by atoms with Crippen LogP contribution in [-0.4, -0.2) is 36.5 Å². The van der Waals surface area contributed by atoms with Gasteiger partial charge in [0.2, 0.25) is 0 Å². The molecule has 0 unspecified atom stereocenters. The number of carbonyl (C=O) groups excluding carboxylic acids is 3. The number of hydrogen-bond donors (Lipinski definition) is 2. The molecule has 7 heteroatoms. The van der Waals surface area contributed by atoms with Crippen molar-refractivity contribution in [1.82, 2.24) is 15.6 Å². The fourth-order valence-corrected chi connectivity index (χ4v) is 4.42. The summed E-state index contributed by atoms with van der Waals surface area (Å²) in [6.07, 6.45) is 4.54. The summed E-state index contributed by atoms with van der Waals surface area (Å²) in [5.74, 6) is -1.30.